The van der Waals surface area contributed by atoms with E-state index in [1.165, 1.54) is 0 Å². The number of aliphatic carboxylic acids is 1. The fourth-order valence-electron chi connectivity index (χ4n) is 1.19. The van der Waals surface area contributed by atoms with Gasteiger partial charge in [-0.15, -0.1) is 0 Å². The number of nitrogens with one attached hydrogen (secondary N) is 3. The maximum Gasteiger partial charge on any atom is 0.404 e. The Hall–Kier alpha value is -1.83. The number of carbonyl (C=O) groups excluding carboxylic acids is 1. The number of hydrogen-bond donors (Lipinski definition) is 5. The lowest BCUT2D eigenvalue weighted by molar-refractivity contribution is -0.137. The summed E-state index contributed by atoms with van der Waals surface area (Å²) in [6.45, 7) is 0.768. The first-order chi connectivity index (χ1) is 8.52. The van der Waals surface area contributed by atoms with Gasteiger partial charge in [-0.05, 0) is 19.4 Å². The smallest absolute Gasteiger partial charge is 0.404 e. The van der Waals surface area contributed by atoms with Gasteiger partial charge >= 0.3 is 12.1 Å². The Morgan fingerprint density at radius 2 is 1.50 bits per heavy atom. The van der Waals surface area contributed by atoms with Crippen LogP contribution < -0.4 is 16.0 Å². The van der Waals surface area contributed by atoms with E-state index >= 15 is 0 Å². The summed E-state index contributed by atoms with van der Waals surface area (Å²) in [7, 11) is 0. The van der Waals surface area contributed by atoms with Crippen molar-refractivity contribution in [3.63, 3.8) is 0 Å². The summed E-state index contributed by atoms with van der Waals surface area (Å²) < 4.78 is 0. The highest BCUT2D eigenvalue weighted by Gasteiger charge is 2.02. The lowest BCUT2D eigenvalue weighted by Crippen LogP contribution is -2.37. The third-order valence-electron chi connectivity index (χ3n) is 2.03. The Labute approximate surface area is 105 Å². The van der Waals surface area contributed by atoms with Gasteiger partial charge in [0.25, 0.3) is 0 Å². The fraction of sp³-hybridized carbons (Fsp3) is 0.700. The van der Waals surface area contributed by atoms with Crippen molar-refractivity contribution in [2.75, 3.05) is 26.2 Å². The maximum atomic E-state index is 11.0. The molecule has 8 heteroatoms. The number of rotatable bonds is 10. The minimum atomic E-state index is -1.07. The third kappa shape index (κ3) is 12.2. The van der Waals surface area contributed by atoms with E-state index in [-0.39, 0.29) is 19.0 Å². The van der Waals surface area contributed by atoms with Crippen LogP contribution in [0.15, 0.2) is 0 Å². The quantitative estimate of drug-likeness (QED) is 0.328. The van der Waals surface area contributed by atoms with Crippen LogP contribution >= 0.6 is 0 Å². The summed E-state index contributed by atoms with van der Waals surface area (Å²) in [5, 5.41) is 24.0. The number of carboxylic acids is 1. The molecule has 0 unspecified atom stereocenters. The summed E-state index contributed by atoms with van der Waals surface area (Å²) in [5.41, 5.74) is 0. The van der Waals surface area contributed by atoms with Crippen molar-refractivity contribution in [2.24, 2.45) is 0 Å². The van der Waals surface area contributed by atoms with Crippen LogP contribution in [0.4, 0.5) is 4.79 Å². The molecule has 2 amide bonds. The van der Waals surface area contributed by atoms with Crippen LogP contribution in [0.1, 0.15) is 19.3 Å². The first-order valence-electron chi connectivity index (χ1n) is 5.68. The second kappa shape index (κ2) is 10.3. The van der Waals surface area contributed by atoms with Gasteiger partial charge in [-0.1, -0.05) is 6.42 Å². The molecule has 0 bridgehead atoms. The molecule has 0 aliphatic carbocycles. The average molecular weight is 261 g/mol. The second-order valence-electron chi connectivity index (χ2n) is 3.64. The molecule has 0 aromatic heterocycles. The first kappa shape index (κ1) is 16.2. The molecule has 0 radical (unpaired) electrons. The zero-order valence-electron chi connectivity index (χ0n) is 10.1. The number of amides is 2. The van der Waals surface area contributed by atoms with Gasteiger partial charge in [0, 0.05) is 6.54 Å². The molecular formula is C10H19N3O5. The van der Waals surface area contributed by atoms with Crippen LogP contribution in [0.2, 0.25) is 0 Å². The van der Waals surface area contributed by atoms with Crippen molar-refractivity contribution in [1.82, 2.24) is 16.0 Å². The van der Waals surface area contributed by atoms with E-state index in [2.05, 4.69) is 16.0 Å². The summed E-state index contributed by atoms with van der Waals surface area (Å²) in [6.07, 6.45) is 1.40. The zero-order chi connectivity index (χ0) is 13.8. The Kier molecular flexibility index (Phi) is 9.28. The van der Waals surface area contributed by atoms with E-state index in [1.807, 2.05) is 0 Å². The number of unbranched alkanes of at least 4 members (excludes halogenated alkanes) is 2. The molecule has 0 saturated heterocycles. The second-order valence-corrected chi connectivity index (χ2v) is 3.64. The van der Waals surface area contributed by atoms with Gasteiger partial charge in [0.2, 0.25) is 5.91 Å². The van der Waals surface area contributed by atoms with Gasteiger partial charge < -0.3 is 26.2 Å². The maximum absolute atomic E-state index is 11.0. The van der Waals surface area contributed by atoms with E-state index in [1.54, 1.807) is 0 Å². The number of carbonyl (C=O) groups is 3. The summed E-state index contributed by atoms with van der Waals surface area (Å²) in [5.74, 6) is -1.43. The Bertz CT molecular complexity index is 283. The molecule has 18 heavy (non-hydrogen) atoms. The van der Waals surface area contributed by atoms with Crippen LogP contribution in [0, 0.1) is 0 Å². The van der Waals surface area contributed by atoms with Crippen molar-refractivity contribution in [3.05, 3.63) is 0 Å². The molecule has 0 spiro atoms. The van der Waals surface area contributed by atoms with Crippen LogP contribution in [0.3, 0.4) is 0 Å². The van der Waals surface area contributed by atoms with Crippen LogP contribution in [-0.4, -0.2) is 54.4 Å². The highest BCUT2D eigenvalue weighted by atomic mass is 16.4. The molecule has 0 fully saturated rings. The van der Waals surface area contributed by atoms with Crippen molar-refractivity contribution < 1.29 is 24.6 Å². The largest absolute Gasteiger partial charge is 0.480 e. The predicted octanol–water partition coefficient (Wildman–Crippen LogP) is -0.785. The highest BCUT2D eigenvalue weighted by molar-refractivity contribution is 5.82. The standard InChI is InChI=1S/C10H19N3O5/c14-8(13-7-9(15)16)6-11-4-2-1-3-5-12-10(17)18/h11-12H,1-7H2,(H,13,14)(H,15,16)(H,17,18). The predicted molar refractivity (Wildman–Crippen MR) is 63.4 cm³/mol. The fourth-order valence-corrected chi connectivity index (χ4v) is 1.19. The minimum Gasteiger partial charge on any atom is -0.480 e. The van der Waals surface area contributed by atoms with Crippen LogP contribution in [0.25, 0.3) is 0 Å². The first-order valence-corrected chi connectivity index (χ1v) is 5.68. The van der Waals surface area contributed by atoms with Crippen LogP contribution in [-0.2, 0) is 9.59 Å². The Balaban J connectivity index is 3.22. The Morgan fingerprint density at radius 3 is 2.11 bits per heavy atom. The summed E-state index contributed by atoms with van der Waals surface area (Å²) in [4.78, 5) is 31.3. The van der Waals surface area contributed by atoms with Gasteiger partial charge in [-0.25, -0.2) is 4.79 Å². The number of hydrogen-bond acceptors (Lipinski definition) is 4. The Morgan fingerprint density at radius 1 is 0.833 bits per heavy atom. The molecule has 0 aliphatic heterocycles. The molecule has 0 heterocycles. The van der Waals surface area contributed by atoms with E-state index in [0.717, 1.165) is 19.3 Å². The van der Waals surface area contributed by atoms with Gasteiger partial charge in [-0.3, -0.25) is 9.59 Å². The monoisotopic (exact) mass is 261 g/mol. The van der Waals surface area contributed by atoms with E-state index in [9.17, 15) is 14.4 Å². The highest BCUT2D eigenvalue weighted by Crippen LogP contribution is 1.91. The molecule has 0 saturated carbocycles. The molecule has 0 rings (SSSR count). The molecule has 0 aromatic rings. The molecule has 0 aromatic carbocycles. The normalized spacial score (nSPS) is 9.78. The average Bonchev–Trinajstić information content (AvgIpc) is 2.29. The van der Waals surface area contributed by atoms with Crippen LogP contribution in [0.5, 0.6) is 0 Å². The van der Waals surface area contributed by atoms with Gasteiger partial charge in [-0.2, -0.15) is 0 Å². The van der Waals surface area contributed by atoms with E-state index < -0.39 is 12.1 Å². The van der Waals surface area contributed by atoms with Gasteiger partial charge in [0.15, 0.2) is 0 Å². The lowest BCUT2D eigenvalue weighted by Gasteiger charge is -2.05. The summed E-state index contributed by atoms with van der Waals surface area (Å²) >= 11 is 0. The van der Waals surface area contributed by atoms with Crippen molar-refractivity contribution in [1.29, 1.82) is 0 Å². The molecular weight excluding hydrogens is 242 g/mol. The zero-order valence-corrected chi connectivity index (χ0v) is 10.1. The molecule has 104 valence electrons. The van der Waals surface area contributed by atoms with Crippen molar-refractivity contribution in [3.8, 4) is 0 Å². The van der Waals surface area contributed by atoms with Crippen molar-refractivity contribution in [2.45, 2.75) is 19.3 Å². The van der Waals surface area contributed by atoms with Gasteiger partial charge in [0.1, 0.15) is 6.54 Å². The molecule has 8 nitrogen and oxygen atoms in total. The topological polar surface area (TPSA) is 128 Å². The molecule has 5 N–H and O–H groups in total. The minimum absolute atomic E-state index is 0.0840. The summed E-state index contributed by atoms with van der Waals surface area (Å²) in [6, 6.07) is 0. The van der Waals surface area contributed by atoms with Crippen molar-refractivity contribution >= 4 is 18.0 Å². The van der Waals surface area contributed by atoms with E-state index in [4.69, 9.17) is 10.2 Å². The van der Waals surface area contributed by atoms with Gasteiger partial charge in [0.05, 0.1) is 6.54 Å². The lowest BCUT2D eigenvalue weighted by atomic mass is 10.2. The molecule has 0 aliphatic rings. The third-order valence-corrected chi connectivity index (χ3v) is 2.03. The SMILES string of the molecule is O=C(O)CNC(=O)CNCCCCCNC(=O)O. The molecule has 0 atom stereocenters. The van der Waals surface area contributed by atoms with E-state index in [0.29, 0.717) is 13.1 Å². The number of carboxylic acid groups (broad SMARTS) is 2.